The number of carbonyl (C=O) groups is 3. The van der Waals surface area contributed by atoms with Gasteiger partial charge in [0, 0.05) is 24.0 Å². The fourth-order valence-electron chi connectivity index (χ4n) is 5.63. The van der Waals surface area contributed by atoms with Gasteiger partial charge >= 0.3 is 6.03 Å². The summed E-state index contributed by atoms with van der Waals surface area (Å²) in [6.45, 7) is 6.48. The van der Waals surface area contributed by atoms with E-state index in [1.807, 2.05) is 56.3 Å². The number of aromatic amines is 1. The molecule has 0 unspecified atom stereocenters. The number of hydrogen-bond acceptors (Lipinski definition) is 3. The molecule has 0 bridgehead atoms. The quantitative estimate of drug-likeness (QED) is 0.403. The highest BCUT2D eigenvalue weighted by Gasteiger charge is 2.61. The summed E-state index contributed by atoms with van der Waals surface area (Å²) in [6.07, 6.45) is 2.30. The maximum absolute atomic E-state index is 13.9. The summed E-state index contributed by atoms with van der Waals surface area (Å²) in [6, 6.07) is 16.8. The van der Waals surface area contributed by atoms with Crippen molar-refractivity contribution in [2.75, 3.05) is 13.1 Å². The van der Waals surface area contributed by atoms with Crippen LogP contribution in [0.3, 0.4) is 0 Å². The number of urea groups is 1. The van der Waals surface area contributed by atoms with Crippen molar-refractivity contribution < 1.29 is 14.4 Å². The van der Waals surface area contributed by atoms with Crippen LogP contribution in [-0.4, -0.2) is 51.8 Å². The number of benzene rings is 2. The van der Waals surface area contributed by atoms with E-state index in [1.165, 1.54) is 10.5 Å². The van der Waals surface area contributed by atoms with Crippen LogP contribution in [0.25, 0.3) is 10.9 Å². The number of aryl methyl sites for hydroxylation is 1. The number of imide groups is 1. The van der Waals surface area contributed by atoms with Gasteiger partial charge in [-0.15, -0.1) is 0 Å². The first kappa shape index (κ1) is 23.1. The predicted octanol–water partition coefficient (Wildman–Crippen LogP) is 3.98. The summed E-state index contributed by atoms with van der Waals surface area (Å²) >= 11 is 0. The highest BCUT2D eigenvalue weighted by atomic mass is 16.2. The Kier molecular flexibility index (Phi) is 5.87. The Labute approximate surface area is 205 Å². The molecule has 1 saturated heterocycles. The summed E-state index contributed by atoms with van der Waals surface area (Å²) < 4.78 is 0. The lowest BCUT2D eigenvalue weighted by Gasteiger charge is -2.36. The summed E-state index contributed by atoms with van der Waals surface area (Å²) in [5.74, 6) is -0.840. The molecule has 35 heavy (non-hydrogen) atoms. The van der Waals surface area contributed by atoms with Gasteiger partial charge in [0.05, 0.1) is 5.69 Å². The zero-order chi connectivity index (χ0) is 24.7. The molecule has 1 fully saturated rings. The molecule has 2 aliphatic rings. The molecule has 0 spiro atoms. The van der Waals surface area contributed by atoms with Crippen LogP contribution < -0.4 is 5.32 Å². The van der Waals surface area contributed by atoms with Crippen molar-refractivity contribution in [2.24, 2.45) is 5.92 Å². The van der Waals surface area contributed by atoms with Gasteiger partial charge in [0.2, 0.25) is 5.91 Å². The van der Waals surface area contributed by atoms with Crippen molar-refractivity contribution >= 4 is 28.7 Å². The van der Waals surface area contributed by atoms with E-state index in [9.17, 15) is 14.4 Å². The van der Waals surface area contributed by atoms with Crippen LogP contribution in [0.2, 0.25) is 0 Å². The number of rotatable bonds is 7. The van der Waals surface area contributed by atoms with Gasteiger partial charge in [-0.3, -0.25) is 9.59 Å². The van der Waals surface area contributed by atoms with Crippen LogP contribution in [0.4, 0.5) is 4.79 Å². The minimum absolute atomic E-state index is 0.218. The Balaban J connectivity index is 1.37. The lowest BCUT2D eigenvalue weighted by molar-refractivity contribution is -0.140. The van der Waals surface area contributed by atoms with Gasteiger partial charge in [-0.1, -0.05) is 62.4 Å². The van der Waals surface area contributed by atoms with E-state index in [2.05, 4.69) is 22.4 Å². The average molecular weight is 473 g/mol. The Morgan fingerprint density at radius 1 is 1.09 bits per heavy atom. The van der Waals surface area contributed by atoms with E-state index in [-0.39, 0.29) is 23.8 Å². The first-order valence-electron chi connectivity index (χ1n) is 12.4. The monoisotopic (exact) mass is 472 g/mol. The van der Waals surface area contributed by atoms with Gasteiger partial charge in [0.25, 0.3) is 5.91 Å². The largest absolute Gasteiger partial charge is 0.356 e. The van der Waals surface area contributed by atoms with Gasteiger partial charge < -0.3 is 15.2 Å². The molecule has 3 aromatic rings. The normalized spacial score (nSPS) is 20.3. The average Bonchev–Trinajstić information content (AvgIpc) is 3.32. The maximum atomic E-state index is 13.9. The minimum atomic E-state index is -1.15. The molecular formula is C28H32N4O3. The number of aromatic nitrogens is 1. The van der Waals surface area contributed by atoms with E-state index in [1.54, 1.807) is 11.8 Å². The maximum Gasteiger partial charge on any atom is 0.328 e. The van der Waals surface area contributed by atoms with Crippen molar-refractivity contribution in [1.82, 2.24) is 20.1 Å². The Morgan fingerprint density at radius 3 is 2.54 bits per heavy atom. The summed E-state index contributed by atoms with van der Waals surface area (Å²) in [5.41, 5.74) is 2.86. The number of nitrogens with zero attached hydrogens (tertiary/aromatic N) is 2. The predicted molar refractivity (Wildman–Crippen MR) is 135 cm³/mol. The molecular weight excluding hydrogens is 440 g/mol. The highest BCUT2D eigenvalue weighted by Crippen LogP contribution is 2.45. The van der Waals surface area contributed by atoms with Crippen molar-refractivity contribution in [1.29, 1.82) is 0 Å². The second-order valence-corrected chi connectivity index (χ2v) is 10.0. The van der Waals surface area contributed by atoms with Gasteiger partial charge in [0.1, 0.15) is 6.04 Å². The lowest BCUT2D eigenvalue weighted by Crippen LogP contribution is -2.53. The lowest BCUT2D eigenvalue weighted by atomic mass is 9.86. The van der Waals surface area contributed by atoms with Crippen molar-refractivity contribution in [3.8, 4) is 0 Å². The first-order chi connectivity index (χ1) is 16.8. The molecule has 7 heteroatoms. The zero-order valence-corrected chi connectivity index (χ0v) is 20.5. The molecule has 0 aliphatic carbocycles. The number of carbonyl (C=O) groups excluding carboxylic acids is 3. The summed E-state index contributed by atoms with van der Waals surface area (Å²) in [7, 11) is 0. The standard InChI is InChI=1S/C28H32N4O3/c1-18(2)23(25(33)29-16-9-12-19-10-5-4-6-11-19)32-26(34)28(3)24-21(15-17-31(28)27(32)35)20-13-7-8-14-22(20)30-24/h4-8,10-11,13-14,18,23,30H,9,12,15-17H2,1-3H3,(H,29,33)/t23-,28-/m0/s1. The Hall–Kier alpha value is -3.61. The smallest absolute Gasteiger partial charge is 0.328 e. The molecule has 7 nitrogen and oxygen atoms in total. The molecule has 1 aromatic heterocycles. The number of para-hydroxylation sites is 1. The third kappa shape index (κ3) is 3.70. The van der Waals surface area contributed by atoms with Crippen LogP contribution in [-0.2, 0) is 28.0 Å². The third-order valence-corrected chi connectivity index (χ3v) is 7.46. The minimum Gasteiger partial charge on any atom is -0.356 e. The highest BCUT2D eigenvalue weighted by molar-refractivity contribution is 6.11. The van der Waals surface area contributed by atoms with Crippen molar-refractivity contribution in [2.45, 2.75) is 51.6 Å². The van der Waals surface area contributed by atoms with E-state index in [0.29, 0.717) is 19.5 Å². The molecule has 2 N–H and O–H groups in total. The van der Waals surface area contributed by atoms with E-state index in [4.69, 9.17) is 0 Å². The van der Waals surface area contributed by atoms with Crippen molar-refractivity contribution in [3.05, 3.63) is 71.4 Å². The summed E-state index contributed by atoms with van der Waals surface area (Å²) in [5, 5.41) is 4.06. The van der Waals surface area contributed by atoms with Crippen LogP contribution in [0.1, 0.15) is 44.0 Å². The zero-order valence-electron chi connectivity index (χ0n) is 20.5. The second-order valence-electron chi connectivity index (χ2n) is 10.0. The summed E-state index contributed by atoms with van der Waals surface area (Å²) in [4.78, 5) is 47.1. The molecule has 4 amide bonds. The fraction of sp³-hybridized carbons (Fsp3) is 0.393. The topological polar surface area (TPSA) is 85.5 Å². The fourth-order valence-corrected chi connectivity index (χ4v) is 5.63. The number of fused-ring (bicyclic) bond motifs is 5. The van der Waals surface area contributed by atoms with Crippen LogP contribution in [0.15, 0.2) is 54.6 Å². The first-order valence-corrected chi connectivity index (χ1v) is 12.4. The number of H-pyrrole nitrogens is 1. The SMILES string of the molecule is CC(C)[C@@H](C(=O)NCCCc1ccccc1)N1C(=O)N2CCc3c([nH]c4ccccc34)[C@@]2(C)C1=O. The van der Waals surface area contributed by atoms with Crippen molar-refractivity contribution in [3.63, 3.8) is 0 Å². The molecule has 0 radical (unpaired) electrons. The Morgan fingerprint density at radius 2 is 1.80 bits per heavy atom. The second kappa shape index (κ2) is 8.87. The number of hydrogen-bond donors (Lipinski definition) is 2. The molecule has 182 valence electrons. The molecule has 0 saturated carbocycles. The third-order valence-electron chi connectivity index (χ3n) is 7.46. The number of amides is 4. The van der Waals surface area contributed by atoms with Gasteiger partial charge in [-0.2, -0.15) is 0 Å². The van der Waals surface area contributed by atoms with E-state index < -0.39 is 11.6 Å². The van der Waals surface area contributed by atoms with Gasteiger partial charge in [0.15, 0.2) is 5.54 Å². The van der Waals surface area contributed by atoms with Gasteiger partial charge in [-0.05, 0) is 49.3 Å². The number of nitrogens with one attached hydrogen (secondary N) is 2. The van der Waals surface area contributed by atoms with E-state index in [0.717, 1.165) is 35.0 Å². The molecule has 2 aliphatic heterocycles. The molecule has 5 rings (SSSR count). The van der Waals surface area contributed by atoms with Crippen LogP contribution >= 0.6 is 0 Å². The molecule has 2 aromatic carbocycles. The van der Waals surface area contributed by atoms with E-state index >= 15 is 0 Å². The molecule has 2 atom stereocenters. The van der Waals surface area contributed by atoms with Crippen LogP contribution in [0, 0.1) is 5.92 Å². The van der Waals surface area contributed by atoms with Crippen LogP contribution in [0.5, 0.6) is 0 Å². The molecule has 3 heterocycles. The van der Waals surface area contributed by atoms with Gasteiger partial charge in [-0.25, -0.2) is 9.69 Å². The Bertz CT molecular complexity index is 1280.